The van der Waals surface area contributed by atoms with Crippen molar-refractivity contribution < 1.29 is 9.84 Å². The number of hydrogen-bond donors (Lipinski definition) is 2. The van der Waals surface area contributed by atoms with E-state index in [9.17, 15) is 5.11 Å². The minimum atomic E-state index is -0.0753. The Bertz CT molecular complexity index is 239. The van der Waals surface area contributed by atoms with E-state index in [2.05, 4.69) is 12.2 Å². The zero-order valence-corrected chi connectivity index (χ0v) is 11.8. The minimum Gasteiger partial charge on any atom is -0.394 e. The highest BCUT2D eigenvalue weighted by Gasteiger charge is 2.35. The fraction of sp³-hybridized carbons (Fsp3) is 1.00. The predicted octanol–water partition coefficient (Wildman–Crippen LogP) is 2.48. The summed E-state index contributed by atoms with van der Waals surface area (Å²) in [5.41, 5.74) is -0.0753. The molecule has 18 heavy (non-hydrogen) atoms. The van der Waals surface area contributed by atoms with Crippen molar-refractivity contribution in [2.75, 3.05) is 19.8 Å². The molecule has 2 aliphatic carbocycles. The number of aliphatic hydroxyl groups excluding tert-OH is 1. The van der Waals surface area contributed by atoms with Crippen molar-refractivity contribution in [3.63, 3.8) is 0 Å². The van der Waals surface area contributed by atoms with Gasteiger partial charge in [0.1, 0.15) is 0 Å². The van der Waals surface area contributed by atoms with E-state index in [1.54, 1.807) is 0 Å². The standard InChI is InChI=1S/C15H29NO2/c1-2-16-15(12-17)9-4-7-14(11-15)18-10-8-13-5-3-6-13/h13-14,16-17H,2-12H2,1H3. The average molecular weight is 255 g/mol. The van der Waals surface area contributed by atoms with Crippen molar-refractivity contribution in [2.24, 2.45) is 5.92 Å². The third kappa shape index (κ3) is 3.69. The summed E-state index contributed by atoms with van der Waals surface area (Å²) in [4.78, 5) is 0. The zero-order chi connectivity index (χ0) is 12.8. The molecule has 0 aliphatic heterocycles. The number of ether oxygens (including phenoxy) is 1. The molecule has 3 nitrogen and oxygen atoms in total. The van der Waals surface area contributed by atoms with Gasteiger partial charge in [-0.3, -0.25) is 0 Å². The first kappa shape index (κ1) is 14.3. The van der Waals surface area contributed by atoms with E-state index in [1.165, 1.54) is 32.1 Å². The Morgan fingerprint density at radius 2 is 2.11 bits per heavy atom. The molecule has 2 rings (SSSR count). The number of rotatable bonds is 7. The van der Waals surface area contributed by atoms with Crippen molar-refractivity contribution in [1.29, 1.82) is 0 Å². The van der Waals surface area contributed by atoms with Gasteiger partial charge >= 0.3 is 0 Å². The first-order valence-corrected chi connectivity index (χ1v) is 7.75. The van der Waals surface area contributed by atoms with Gasteiger partial charge in [0.2, 0.25) is 0 Å². The molecule has 2 aliphatic rings. The van der Waals surface area contributed by atoms with Gasteiger partial charge < -0.3 is 15.2 Å². The van der Waals surface area contributed by atoms with Crippen LogP contribution in [0.25, 0.3) is 0 Å². The SMILES string of the molecule is CCNC1(CO)CCCC(OCCC2CCC2)C1. The van der Waals surface area contributed by atoms with E-state index < -0.39 is 0 Å². The van der Waals surface area contributed by atoms with Crippen LogP contribution in [0.1, 0.15) is 58.3 Å². The van der Waals surface area contributed by atoms with Gasteiger partial charge in [-0.2, -0.15) is 0 Å². The van der Waals surface area contributed by atoms with E-state index in [4.69, 9.17) is 4.74 Å². The smallest absolute Gasteiger partial charge is 0.0614 e. The Balaban J connectivity index is 1.71. The van der Waals surface area contributed by atoms with Crippen molar-refractivity contribution in [3.8, 4) is 0 Å². The molecular formula is C15H29NO2. The van der Waals surface area contributed by atoms with E-state index >= 15 is 0 Å². The number of nitrogens with one attached hydrogen (secondary N) is 1. The van der Waals surface area contributed by atoms with Crippen LogP contribution in [-0.4, -0.2) is 36.5 Å². The molecule has 2 atom stereocenters. The molecule has 0 aromatic rings. The summed E-state index contributed by atoms with van der Waals surface area (Å²) in [6.45, 7) is 4.19. The molecule has 2 N–H and O–H groups in total. The van der Waals surface area contributed by atoms with E-state index in [0.29, 0.717) is 6.10 Å². The van der Waals surface area contributed by atoms with Gasteiger partial charge in [0.15, 0.2) is 0 Å². The molecule has 0 heterocycles. The lowest BCUT2D eigenvalue weighted by atomic mass is 9.80. The topological polar surface area (TPSA) is 41.5 Å². The monoisotopic (exact) mass is 255 g/mol. The maximum absolute atomic E-state index is 9.63. The Labute approximate surface area is 111 Å². The summed E-state index contributed by atoms with van der Waals surface area (Å²) in [5.74, 6) is 0.935. The quantitative estimate of drug-likeness (QED) is 0.734. The summed E-state index contributed by atoms with van der Waals surface area (Å²) in [5, 5.41) is 13.1. The molecule has 0 spiro atoms. The van der Waals surface area contributed by atoms with Gasteiger partial charge in [-0.05, 0) is 44.6 Å². The normalized spacial score (nSPS) is 33.3. The first-order chi connectivity index (χ1) is 8.78. The summed E-state index contributed by atoms with van der Waals surface area (Å²) in [6, 6.07) is 0. The fourth-order valence-corrected chi connectivity index (χ4v) is 3.37. The van der Waals surface area contributed by atoms with E-state index in [-0.39, 0.29) is 12.1 Å². The lowest BCUT2D eigenvalue weighted by molar-refractivity contribution is -0.0221. The van der Waals surface area contributed by atoms with Crippen LogP contribution in [0.5, 0.6) is 0 Å². The molecule has 0 saturated heterocycles. The maximum atomic E-state index is 9.63. The highest BCUT2D eigenvalue weighted by molar-refractivity contribution is 4.93. The number of likely N-dealkylation sites (N-methyl/N-ethyl adjacent to an activating group) is 1. The van der Waals surface area contributed by atoms with E-state index in [0.717, 1.165) is 38.3 Å². The van der Waals surface area contributed by atoms with Crippen molar-refractivity contribution in [3.05, 3.63) is 0 Å². The first-order valence-electron chi connectivity index (χ1n) is 7.75. The number of hydrogen-bond acceptors (Lipinski definition) is 3. The van der Waals surface area contributed by atoms with Crippen LogP contribution in [0.15, 0.2) is 0 Å². The van der Waals surface area contributed by atoms with Crippen LogP contribution >= 0.6 is 0 Å². The summed E-state index contributed by atoms with van der Waals surface area (Å²) in [7, 11) is 0. The van der Waals surface area contributed by atoms with Gasteiger partial charge in [-0.15, -0.1) is 0 Å². The summed E-state index contributed by atoms with van der Waals surface area (Å²) < 4.78 is 6.04. The molecule has 2 unspecified atom stereocenters. The molecule has 106 valence electrons. The third-order valence-corrected chi connectivity index (χ3v) is 4.76. The Morgan fingerprint density at radius 3 is 2.72 bits per heavy atom. The molecule has 2 saturated carbocycles. The largest absolute Gasteiger partial charge is 0.394 e. The van der Waals surface area contributed by atoms with Gasteiger partial charge in [0, 0.05) is 12.1 Å². The van der Waals surface area contributed by atoms with Crippen LogP contribution in [0, 0.1) is 5.92 Å². The van der Waals surface area contributed by atoms with E-state index in [1.807, 2.05) is 0 Å². The van der Waals surface area contributed by atoms with Crippen LogP contribution < -0.4 is 5.32 Å². The second-order valence-corrected chi connectivity index (χ2v) is 6.14. The van der Waals surface area contributed by atoms with Gasteiger partial charge in [-0.25, -0.2) is 0 Å². The van der Waals surface area contributed by atoms with Crippen molar-refractivity contribution >= 4 is 0 Å². The Hall–Kier alpha value is -0.120. The van der Waals surface area contributed by atoms with Crippen LogP contribution in [-0.2, 0) is 4.74 Å². The molecule has 3 heteroatoms. The van der Waals surface area contributed by atoms with Gasteiger partial charge in [0.25, 0.3) is 0 Å². The molecule has 0 aromatic carbocycles. The van der Waals surface area contributed by atoms with Crippen LogP contribution in [0.4, 0.5) is 0 Å². The van der Waals surface area contributed by atoms with Gasteiger partial charge in [-0.1, -0.05) is 26.2 Å². The molecular weight excluding hydrogens is 226 g/mol. The second-order valence-electron chi connectivity index (χ2n) is 6.14. The Kier molecular flexibility index (Phi) is 5.46. The highest BCUT2D eigenvalue weighted by atomic mass is 16.5. The molecule has 0 amide bonds. The Morgan fingerprint density at radius 1 is 1.28 bits per heavy atom. The third-order valence-electron chi connectivity index (χ3n) is 4.76. The highest BCUT2D eigenvalue weighted by Crippen LogP contribution is 2.32. The van der Waals surface area contributed by atoms with Gasteiger partial charge in [0.05, 0.1) is 12.7 Å². The lowest BCUT2D eigenvalue weighted by Gasteiger charge is -2.40. The molecule has 2 fully saturated rings. The van der Waals surface area contributed by atoms with Crippen LogP contribution in [0.2, 0.25) is 0 Å². The molecule has 0 radical (unpaired) electrons. The predicted molar refractivity (Wildman–Crippen MR) is 73.7 cm³/mol. The second kappa shape index (κ2) is 6.88. The zero-order valence-electron chi connectivity index (χ0n) is 11.8. The van der Waals surface area contributed by atoms with Crippen molar-refractivity contribution in [2.45, 2.75) is 69.9 Å². The maximum Gasteiger partial charge on any atom is 0.0614 e. The summed E-state index contributed by atoms with van der Waals surface area (Å²) >= 11 is 0. The summed E-state index contributed by atoms with van der Waals surface area (Å²) in [6.07, 6.45) is 10.2. The minimum absolute atomic E-state index is 0.0753. The fourth-order valence-electron chi connectivity index (χ4n) is 3.37. The number of aliphatic hydroxyl groups is 1. The van der Waals surface area contributed by atoms with Crippen molar-refractivity contribution in [1.82, 2.24) is 5.32 Å². The molecule has 0 bridgehead atoms. The van der Waals surface area contributed by atoms with Crippen LogP contribution in [0.3, 0.4) is 0 Å². The molecule has 0 aromatic heterocycles. The average Bonchev–Trinajstić information content (AvgIpc) is 2.33. The lowest BCUT2D eigenvalue weighted by Crippen LogP contribution is -2.53.